The maximum atomic E-state index is 10.7. The Morgan fingerprint density at radius 2 is 2.24 bits per heavy atom. The zero-order valence-corrected chi connectivity index (χ0v) is 9.76. The van der Waals surface area contributed by atoms with Crippen molar-refractivity contribution in [2.24, 2.45) is 0 Å². The molecule has 1 heterocycles. The van der Waals surface area contributed by atoms with E-state index >= 15 is 0 Å². The Hall–Kier alpha value is -1.17. The van der Waals surface area contributed by atoms with E-state index in [1.165, 1.54) is 12.1 Å². The number of hydrogen-bond acceptors (Lipinski definition) is 4. The zero-order valence-electron chi connectivity index (χ0n) is 9.01. The summed E-state index contributed by atoms with van der Waals surface area (Å²) < 4.78 is 5.48. The lowest BCUT2D eigenvalue weighted by Crippen LogP contribution is -2.23. The quantitative estimate of drug-likeness (QED) is 0.652. The van der Waals surface area contributed by atoms with Gasteiger partial charge in [-0.3, -0.25) is 10.1 Å². The summed E-state index contributed by atoms with van der Waals surface area (Å²) in [6.45, 7) is 0.451. The maximum Gasteiger partial charge on any atom is 0.271 e. The summed E-state index contributed by atoms with van der Waals surface area (Å²) in [7, 11) is 0. The molecule has 2 atom stereocenters. The van der Waals surface area contributed by atoms with Gasteiger partial charge in [0.15, 0.2) is 0 Å². The minimum absolute atomic E-state index is 0.0591. The second-order valence-corrected chi connectivity index (χ2v) is 4.47. The Morgan fingerprint density at radius 1 is 1.47 bits per heavy atom. The van der Waals surface area contributed by atoms with Gasteiger partial charge in [-0.2, -0.15) is 0 Å². The van der Waals surface area contributed by atoms with Crippen molar-refractivity contribution in [3.63, 3.8) is 0 Å². The van der Waals surface area contributed by atoms with Crippen molar-refractivity contribution >= 4 is 17.3 Å². The molecule has 0 spiro atoms. The van der Waals surface area contributed by atoms with Crippen molar-refractivity contribution in [1.82, 2.24) is 0 Å². The standard InChI is InChI=1S/C11H12ClNO4/c12-8-3-7(4-9(5-8)13(15)16)11-6-10(14)1-2-17-11/h3-5,10-11,14H,1-2,6H2. The zero-order chi connectivity index (χ0) is 12.4. The van der Waals surface area contributed by atoms with E-state index in [0.29, 0.717) is 30.0 Å². The molecule has 6 heteroatoms. The van der Waals surface area contributed by atoms with Gasteiger partial charge in [0.1, 0.15) is 0 Å². The predicted octanol–water partition coefficient (Wildman–Crippen LogP) is 2.46. The van der Waals surface area contributed by atoms with E-state index in [1.807, 2.05) is 0 Å². The van der Waals surface area contributed by atoms with E-state index < -0.39 is 11.0 Å². The molecule has 1 N–H and O–H groups in total. The molecular weight excluding hydrogens is 246 g/mol. The van der Waals surface area contributed by atoms with Crippen LogP contribution in [0.3, 0.4) is 0 Å². The monoisotopic (exact) mass is 257 g/mol. The Kier molecular flexibility index (Phi) is 3.61. The molecule has 1 aliphatic heterocycles. The highest BCUT2D eigenvalue weighted by atomic mass is 35.5. The fourth-order valence-electron chi connectivity index (χ4n) is 1.90. The van der Waals surface area contributed by atoms with Crippen molar-refractivity contribution in [3.8, 4) is 0 Å². The molecule has 0 aliphatic carbocycles. The first-order chi connectivity index (χ1) is 8.06. The number of rotatable bonds is 2. The van der Waals surface area contributed by atoms with Gasteiger partial charge in [0.2, 0.25) is 0 Å². The van der Waals surface area contributed by atoms with E-state index in [0.717, 1.165) is 0 Å². The van der Waals surface area contributed by atoms with Crippen LogP contribution in [0.5, 0.6) is 0 Å². The molecule has 1 aromatic carbocycles. The lowest BCUT2D eigenvalue weighted by molar-refractivity contribution is -0.385. The molecule has 0 aromatic heterocycles. The molecule has 0 bridgehead atoms. The fourth-order valence-corrected chi connectivity index (χ4v) is 2.14. The number of aliphatic hydroxyl groups excluding tert-OH is 1. The van der Waals surface area contributed by atoms with Gasteiger partial charge >= 0.3 is 0 Å². The maximum absolute atomic E-state index is 10.7. The van der Waals surface area contributed by atoms with Gasteiger partial charge < -0.3 is 9.84 Å². The highest BCUT2D eigenvalue weighted by Crippen LogP contribution is 2.32. The second-order valence-electron chi connectivity index (χ2n) is 4.04. The highest BCUT2D eigenvalue weighted by Gasteiger charge is 2.24. The molecule has 1 aromatic rings. The Morgan fingerprint density at radius 3 is 2.88 bits per heavy atom. The molecule has 5 nitrogen and oxygen atoms in total. The van der Waals surface area contributed by atoms with Crippen LogP contribution in [0.1, 0.15) is 24.5 Å². The molecule has 2 rings (SSSR count). The number of nitro groups is 1. The van der Waals surface area contributed by atoms with Crippen LogP contribution in [-0.4, -0.2) is 22.7 Å². The van der Waals surface area contributed by atoms with Gasteiger partial charge in [0.05, 0.1) is 17.1 Å². The molecule has 1 saturated heterocycles. The molecule has 92 valence electrons. The van der Waals surface area contributed by atoms with Crippen LogP contribution in [0.15, 0.2) is 18.2 Å². The van der Waals surface area contributed by atoms with E-state index in [2.05, 4.69) is 0 Å². The number of halogens is 1. The van der Waals surface area contributed by atoms with Crippen molar-refractivity contribution in [1.29, 1.82) is 0 Å². The number of hydrogen-bond donors (Lipinski definition) is 1. The van der Waals surface area contributed by atoms with Crippen LogP contribution >= 0.6 is 11.6 Å². The first-order valence-electron chi connectivity index (χ1n) is 5.31. The van der Waals surface area contributed by atoms with Crippen molar-refractivity contribution < 1.29 is 14.8 Å². The van der Waals surface area contributed by atoms with E-state index in [-0.39, 0.29) is 11.8 Å². The minimum atomic E-state index is -0.491. The lowest BCUT2D eigenvalue weighted by Gasteiger charge is -2.26. The fraction of sp³-hybridized carbons (Fsp3) is 0.455. The van der Waals surface area contributed by atoms with Gasteiger partial charge in [-0.05, 0) is 18.1 Å². The number of benzene rings is 1. The van der Waals surface area contributed by atoms with Gasteiger partial charge in [0.25, 0.3) is 5.69 Å². The minimum Gasteiger partial charge on any atom is -0.393 e. The molecule has 1 fully saturated rings. The number of non-ortho nitro benzene ring substituents is 1. The van der Waals surface area contributed by atoms with E-state index in [4.69, 9.17) is 16.3 Å². The Labute approximate surface area is 103 Å². The smallest absolute Gasteiger partial charge is 0.271 e. The van der Waals surface area contributed by atoms with Crippen LogP contribution in [-0.2, 0) is 4.74 Å². The third kappa shape index (κ3) is 2.94. The van der Waals surface area contributed by atoms with Gasteiger partial charge in [0, 0.05) is 30.2 Å². The van der Waals surface area contributed by atoms with Crippen molar-refractivity contribution in [3.05, 3.63) is 38.9 Å². The van der Waals surface area contributed by atoms with E-state index in [1.54, 1.807) is 6.07 Å². The average molecular weight is 258 g/mol. The topological polar surface area (TPSA) is 72.6 Å². The molecular formula is C11H12ClNO4. The third-order valence-electron chi connectivity index (χ3n) is 2.74. The molecule has 2 unspecified atom stereocenters. The Bertz CT molecular complexity index is 437. The van der Waals surface area contributed by atoms with Crippen LogP contribution in [0, 0.1) is 10.1 Å². The van der Waals surface area contributed by atoms with Gasteiger partial charge in [-0.15, -0.1) is 0 Å². The van der Waals surface area contributed by atoms with Crippen LogP contribution < -0.4 is 0 Å². The summed E-state index contributed by atoms with van der Waals surface area (Å²) in [6, 6.07) is 4.37. The first kappa shape index (κ1) is 12.3. The molecule has 0 amide bonds. The molecule has 0 saturated carbocycles. The normalized spacial score (nSPS) is 24.6. The summed E-state index contributed by atoms with van der Waals surface area (Å²) in [5.41, 5.74) is 0.583. The molecule has 17 heavy (non-hydrogen) atoms. The second kappa shape index (κ2) is 5.00. The summed E-state index contributed by atoms with van der Waals surface area (Å²) in [4.78, 5) is 10.2. The lowest BCUT2D eigenvalue weighted by atomic mass is 9.99. The van der Waals surface area contributed by atoms with Crippen molar-refractivity contribution in [2.45, 2.75) is 25.0 Å². The number of nitro benzene ring substituents is 1. The summed E-state index contributed by atoms with van der Waals surface area (Å²) >= 11 is 5.83. The van der Waals surface area contributed by atoms with Crippen LogP contribution in [0.25, 0.3) is 0 Å². The molecule has 1 aliphatic rings. The highest BCUT2D eigenvalue weighted by molar-refractivity contribution is 6.30. The predicted molar refractivity (Wildman–Crippen MR) is 62.0 cm³/mol. The first-order valence-corrected chi connectivity index (χ1v) is 5.68. The van der Waals surface area contributed by atoms with Crippen LogP contribution in [0.2, 0.25) is 5.02 Å². The van der Waals surface area contributed by atoms with Gasteiger partial charge in [-0.1, -0.05) is 11.6 Å². The van der Waals surface area contributed by atoms with E-state index in [9.17, 15) is 15.2 Å². The molecule has 0 radical (unpaired) electrons. The number of aliphatic hydroxyl groups is 1. The van der Waals surface area contributed by atoms with Crippen LogP contribution in [0.4, 0.5) is 5.69 Å². The van der Waals surface area contributed by atoms with Crippen molar-refractivity contribution in [2.75, 3.05) is 6.61 Å². The summed E-state index contributed by atoms with van der Waals surface area (Å²) in [6.07, 6.45) is 0.291. The summed E-state index contributed by atoms with van der Waals surface area (Å²) in [5, 5.41) is 20.6. The van der Waals surface area contributed by atoms with Gasteiger partial charge in [-0.25, -0.2) is 0 Å². The Balaban J connectivity index is 2.28. The third-order valence-corrected chi connectivity index (χ3v) is 2.96. The number of ether oxygens (including phenoxy) is 1. The largest absolute Gasteiger partial charge is 0.393 e. The average Bonchev–Trinajstić information content (AvgIpc) is 2.28. The summed E-state index contributed by atoms with van der Waals surface area (Å²) in [5.74, 6) is 0. The number of nitrogens with zero attached hydrogens (tertiary/aromatic N) is 1. The SMILES string of the molecule is O=[N+]([O-])c1cc(Cl)cc(C2CC(O)CCO2)c1.